The number of esters is 1. The quantitative estimate of drug-likeness (QED) is 0.0459. The summed E-state index contributed by atoms with van der Waals surface area (Å²) in [6.07, 6.45) is 3.95. The fourth-order valence-electron chi connectivity index (χ4n) is 8.62. The van der Waals surface area contributed by atoms with E-state index in [2.05, 4.69) is 21.3 Å². The lowest BCUT2D eigenvalue weighted by molar-refractivity contribution is -0.172. The van der Waals surface area contributed by atoms with Crippen LogP contribution in [0.15, 0.2) is 35.1 Å². The van der Waals surface area contributed by atoms with Crippen molar-refractivity contribution in [3.05, 3.63) is 63.0 Å². The van der Waals surface area contributed by atoms with Crippen LogP contribution < -0.4 is 37.3 Å². The van der Waals surface area contributed by atoms with Gasteiger partial charge in [-0.25, -0.2) is 9.78 Å². The molecule has 0 spiro atoms. The summed E-state index contributed by atoms with van der Waals surface area (Å²) >= 11 is 0. The molecule has 1 aromatic carbocycles. The van der Waals surface area contributed by atoms with E-state index in [0.29, 0.717) is 59.4 Å². The molecule has 0 saturated heterocycles. The summed E-state index contributed by atoms with van der Waals surface area (Å²) in [5, 5.41) is 22.7. The Morgan fingerprint density at radius 1 is 0.892 bits per heavy atom. The number of amides is 7. The number of nitrogens with zero attached hydrogens (tertiary/aromatic N) is 3. The highest BCUT2D eigenvalue weighted by Gasteiger charge is 2.46. The van der Waals surface area contributed by atoms with E-state index in [0.717, 1.165) is 16.0 Å². The summed E-state index contributed by atoms with van der Waals surface area (Å²) in [6.45, 7) is 6.88. The van der Waals surface area contributed by atoms with Crippen LogP contribution in [0.5, 0.6) is 5.75 Å². The van der Waals surface area contributed by atoms with Gasteiger partial charge in [0.15, 0.2) is 11.4 Å². The lowest BCUT2D eigenvalue weighted by Crippen LogP contribution is -2.57. The third-order valence-electron chi connectivity index (χ3n) is 12.3. The van der Waals surface area contributed by atoms with Gasteiger partial charge in [0.25, 0.3) is 17.4 Å². The highest BCUT2D eigenvalue weighted by atomic mass is 16.6. The van der Waals surface area contributed by atoms with Gasteiger partial charge in [0.05, 0.1) is 41.3 Å². The molecular formula is C45H52N8O12. The zero-order chi connectivity index (χ0) is 46.9. The van der Waals surface area contributed by atoms with Crippen molar-refractivity contribution in [3.8, 4) is 17.1 Å². The number of aromatic nitrogens is 2. The number of anilines is 1. The minimum absolute atomic E-state index is 0.0118. The Morgan fingerprint density at radius 2 is 1.63 bits per heavy atom. The van der Waals surface area contributed by atoms with Crippen LogP contribution in [-0.4, -0.2) is 98.2 Å². The second kappa shape index (κ2) is 18.6. The highest BCUT2D eigenvalue weighted by Crippen LogP contribution is 2.45. The maximum Gasteiger partial charge on any atom is 0.343 e. The summed E-state index contributed by atoms with van der Waals surface area (Å²) < 4.78 is 12.9. The SMILES string of the molecule is CC[C@@]1(O)C(=O)OCc2c1cc1n(c2=O)Cc2c-1nc1ccc(NC(=O)[C@H](C)NC(=O)[C@@H](NC(=O)C(CCC(N)=O)NC(=O)CCCCCN3C(=O)C=CC3=O)C(C)C)c3c1c2CCO3. The van der Waals surface area contributed by atoms with E-state index in [4.69, 9.17) is 20.2 Å². The molecule has 7 rings (SSSR count). The largest absolute Gasteiger partial charge is 0.490 e. The molecule has 0 bridgehead atoms. The van der Waals surface area contributed by atoms with E-state index in [1.807, 2.05) is 0 Å². The molecule has 0 saturated carbocycles. The molecule has 6 heterocycles. The first-order valence-corrected chi connectivity index (χ1v) is 21.7. The molecule has 0 radical (unpaired) electrons. The monoisotopic (exact) mass is 896 g/mol. The Labute approximate surface area is 372 Å². The number of nitrogens with two attached hydrogens (primary N) is 1. The van der Waals surface area contributed by atoms with Crippen LogP contribution in [0.4, 0.5) is 5.69 Å². The number of carbonyl (C=O) groups excluding carboxylic acids is 8. The number of benzene rings is 1. The molecule has 4 aliphatic rings. The van der Waals surface area contributed by atoms with Crippen molar-refractivity contribution < 1.29 is 52.9 Å². The van der Waals surface area contributed by atoms with E-state index in [1.165, 1.54) is 19.1 Å². The van der Waals surface area contributed by atoms with Crippen LogP contribution in [0.3, 0.4) is 0 Å². The van der Waals surface area contributed by atoms with Gasteiger partial charge in [0, 0.05) is 54.5 Å². The molecule has 20 heteroatoms. The number of nitrogens with one attached hydrogen (secondary N) is 4. The predicted octanol–water partition coefficient (Wildman–Crippen LogP) is 0.834. The van der Waals surface area contributed by atoms with Crippen molar-refractivity contribution in [2.75, 3.05) is 18.5 Å². The Hall–Kier alpha value is -6.96. The Balaban J connectivity index is 1.00. The zero-order valence-corrected chi connectivity index (χ0v) is 36.5. The third-order valence-corrected chi connectivity index (χ3v) is 12.3. The number of primary amides is 1. The van der Waals surface area contributed by atoms with Gasteiger partial charge in [-0.15, -0.1) is 0 Å². The van der Waals surface area contributed by atoms with Crippen molar-refractivity contribution in [1.82, 2.24) is 30.4 Å². The van der Waals surface area contributed by atoms with Crippen LogP contribution in [0.1, 0.15) is 94.9 Å². The molecule has 0 aliphatic carbocycles. The number of unbranched alkanes of at least 4 members (excludes halogenated alkanes) is 2. The maximum atomic E-state index is 13.8. The lowest BCUT2D eigenvalue weighted by Gasteiger charge is -2.31. The first-order chi connectivity index (χ1) is 30.9. The summed E-state index contributed by atoms with van der Waals surface area (Å²) in [5.74, 6) is -4.88. The fourth-order valence-corrected chi connectivity index (χ4v) is 8.62. The Bertz CT molecular complexity index is 2600. The number of carbonyl (C=O) groups is 8. The third kappa shape index (κ3) is 9.07. The number of rotatable bonds is 18. The molecule has 344 valence electrons. The predicted molar refractivity (Wildman–Crippen MR) is 231 cm³/mol. The lowest BCUT2D eigenvalue weighted by atomic mass is 9.86. The van der Waals surface area contributed by atoms with Gasteiger partial charge in [-0.3, -0.25) is 43.3 Å². The molecule has 20 nitrogen and oxygen atoms in total. The van der Waals surface area contributed by atoms with E-state index in [9.17, 15) is 48.3 Å². The van der Waals surface area contributed by atoms with E-state index >= 15 is 0 Å². The fraction of sp³-hybridized carbons (Fsp3) is 0.467. The van der Waals surface area contributed by atoms with Gasteiger partial charge < -0.3 is 46.1 Å². The van der Waals surface area contributed by atoms with Crippen LogP contribution in [0.2, 0.25) is 0 Å². The van der Waals surface area contributed by atoms with Gasteiger partial charge >= 0.3 is 5.97 Å². The first-order valence-electron chi connectivity index (χ1n) is 21.7. The van der Waals surface area contributed by atoms with E-state index in [-0.39, 0.29) is 80.5 Å². The van der Waals surface area contributed by atoms with Crippen LogP contribution >= 0.6 is 0 Å². The van der Waals surface area contributed by atoms with Crippen molar-refractivity contribution in [2.24, 2.45) is 11.7 Å². The normalized spacial score (nSPS) is 18.2. The standard InChI is InChI=1S/C45H52N8O12/c1-5-45(63)27-19-31-38-25(20-53(31)43(61)26(27)21-65-44(45)62)24-16-18-64-39-29(11-10-28(49-38)36(24)39)50-40(58)23(4)47-42(60)37(22(2)3)51-41(59)30(12-13-32(46)54)48-33(55)9-7-6-8-17-52-34(56)14-15-35(52)57/h10-11,14-15,19,22-23,30,37,63H,5-9,12-13,16-18,20-21H2,1-4H3,(H2,46,54)(H,47,60)(H,48,55)(H,50,58)(H,51,59)/t23-,30?,37-,45-/m0/s1. The maximum absolute atomic E-state index is 13.8. The molecule has 0 fully saturated rings. The molecule has 4 aliphatic heterocycles. The smallest absolute Gasteiger partial charge is 0.343 e. The number of imide groups is 1. The minimum atomic E-state index is -1.97. The van der Waals surface area contributed by atoms with Gasteiger partial charge in [-0.2, -0.15) is 0 Å². The van der Waals surface area contributed by atoms with Crippen LogP contribution in [-0.2, 0) is 68.3 Å². The number of pyridine rings is 2. The van der Waals surface area contributed by atoms with Gasteiger partial charge in [0.1, 0.15) is 24.7 Å². The molecule has 1 unspecified atom stereocenters. The molecule has 65 heavy (non-hydrogen) atoms. The first kappa shape index (κ1) is 46.0. The van der Waals surface area contributed by atoms with Crippen molar-refractivity contribution in [2.45, 2.75) is 116 Å². The number of fused-ring (bicyclic) bond motifs is 5. The average Bonchev–Trinajstić information content (AvgIpc) is 3.81. The summed E-state index contributed by atoms with van der Waals surface area (Å²) in [7, 11) is 0. The topological polar surface area (TPSA) is 288 Å². The second-order valence-electron chi connectivity index (χ2n) is 17.0. The van der Waals surface area contributed by atoms with Crippen molar-refractivity contribution in [1.29, 1.82) is 0 Å². The number of aliphatic hydroxyl groups is 1. The molecule has 7 N–H and O–H groups in total. The van der Waals surface area contributed by atoms with Crippen LogP contribution in [0.25, 0.3) is 22.3 Å². The Kier molecular flexibility index (Phi) is 13.2. The van der Waals surface area contributed by atoms with Gasteiger partial charge in [0.2, 0.25) is 29.5 Å². The van der Waals surface area contributed by atoms with E-state index in [1.54, 1.807) is 43.5 Å². The van der Waals surface area contributed by atoms with Crippen LogP contribution in [0, 0.1) is 5.92 Å². The number of hydrogen-bond acceptors (Lipinski definition) is 13. The highest BCUT2D eigenvalue weighted by molar-refractivity contribution is 6.13. The number of ether oxygens (including phenoxy) is 2. The van der Waals surface area contributed by atoms with E-state index < -0.39 is 65.1 Å². The second-order valence-corrected chi connectivity index (χ2v) is 17.0. The Morgan fingerprint density at radius 3 is 2.32 bits per heavy atom. The number of cyclic esters (lactones) is 1. The molecule has 7 amide bonds. The summed E-state index contributed by atoms with van der Waals surface area (Å²) in [5.41, 5.74) is 6.90. The van der Waals surface area contributed by atoms with Crippen molar-refractivity contribution >= 4 is 63.9 Å². The molecule has 4 atom stereocenters. The van der Waals surface area contributed by atoms with Gasteiger partial charge in [-0.1, -0.05) is 27.2 Å². The molecule has 2 aromatic heterocycles. The number of hydrogen-bond donors (Lipinski definition) is 6. The van der Waals surface area contributed by atoms with Crippen molar-refractivity contribution in [3.63, 3.8) is 0 Å². The molecular weight excluding hydrogens is 845 g/mol. The van der Waals surface area contributed by atoms with Gasteiger partial charge in [-0.05, 0) is 62.3 Å². The summed E-state index contributed by atoms with van der Waals surface area (Å²) in [4.78, 5) is 121. The average molecular weight is 897 g/mol. The summed E-state index contributed by atoms with van der Waals surface area (Å²) in [6, 6.07) is 1.50. The minimum Gasteiger partial charge on any atom is -0.490 e. The molecule has 3 aromatic rings. The zero-order valence-electron chi connectivity index (χ0n) is 36.5.